The number of hydrogen-bond acceptors (Lipinski definition) is 2. The summed E-state index contributed by atoms with van der Waals surface area (Å²) in [6.07, 6.45) is 1.06. The molecule has 0 aromatic heterocycles. The van der Waals surface area contributed by atoms with Crippen LogP contribution in [0.15, 0.2) is 18.2 Å². The average Bonchev–Trinajstić information content (AvgIpc) is 2.34. The van der Waals surface area contributed by atoms with Gasteiger partial charge in [-0.05, 0) is 55.7 Å². The van der Waals surface area contributed by atoms with Crippen molar-refractivity contribution in [3.8, 4) is 0 Å². The molecule has 1 radical (unpaired) electrons. The summed E-state index contributed by atoms with van der Waals surface area (Å²) in [7, 11) is 1.19. The topological polar surface area (TPSA) is 21.3 Å². The number of nitrogens with one attached hydrogen (secondary N) is 1. The van der Waals surface area contributed by atoms with Crippen molar-refractivity contribution >= 4 is 20.6 Å². The molecule has 1 atom stereocenters. The third kappa shape index (κ3) is 5.21. The zero-order chi connectivity index (χ0) is 15.3. The number of hydrogen-bond donors (Lipinski definition) is 1. The molecule has 2 nitrogen and oxygen atoms in total. The highest BCUT2D eigenvalue weighted by Gasteiger charge is 2.29. The van der Waals surface area contributed by atoms with Crippen LogP contribution in [-0.2, 0) is 10.8 Å². The van der Waals surface area contributed by atoms with E-state index in [0.29, 0.717) is 0 Å². The van der Waals surface area contributed by atoms with Gasteiger partial charge in [-0.3, -0.25) is 0 Å². The SMILES string of the molecule is CNCCc1ccc(Cl)c(C(O[Si](C)C)C(C)(C)C)c1. The first-order valence-electron chi connectivity index (χ1n) is 7.15. The Morgan fingerprint density at radius 1 is 1.30 bits per heavy atom. The Kier molecular flexibility index (Phi) is 6.72. The van der Waals surface area contributed by atoms with Gasteiger partial charge in [0, 0.05) is 5.02 Å². The van der Waals surface area contributed by atoms with Crippen molar-refractivity contribution in [3.05, 3.63) is 34.3 Å². The standard InChI is InChI=1S/C16H27ClNOSi/c1-16(2,3)15(19-20(5)6)13-11-12(9-10-18-4)7-8-14(13)17/h7-8,11,15,18H,9-10H2,1-6H3. The molecule has 0 heterocycles. The van der Waals surface area contributed by atoms with Crippen molar-refractivity contribution in [1.82, 2.24) is 5.32 Å². The van der Waals surface area contributed by atoms with Gasteiger partial charge in [0.25, 0.3) is 0 Å². The number of halogens is 1. The lowest BCUT2D eigenvalue weighted by Crippen LogP contribution is -2.26. The number of likely N-dealkylation sites (N-methyl/N-ethyl adjacent to an activating group) is 1. The first-order chi connectivity index (χ1) is 9.25. The molecule has 113 valence electrons. The van der Waals surface area contributed by atoms with Crippen LogP contribution in [0.3, 0.4) is 0 Å². The Bertz CT molecular complexity index is 429. The molecule has 0 bridgehead atoms. The predicted molar refractivity (Wildman–Crippen MR) is 89.8 cm³/mol. The first kappa shape index (κ1) is 17.7. The Hall–Kier alpha value is -0.353. The Balaban J connectivity index is 3.11. The summed E-state index contributed by atoms with van der Waals surface area (Å²) in [6, 6.07) is 6.31. The molecule has 0 spiro atoms. The maximum Gasteiger partial charge on any atom is 0.205 e. The van der Waals surface area contributed by atoms with Gasteiger partial charge in [-0.1, -0.05) is 44.5 Å². The second-order valence-electron chi connectivity index (χ2n) is 6.48. The van der Waals surface area contributed by atoms with Gasteiger partial charge in [0.1, 0.15) is 0 Å². The number of benzene rings is 1. The minimum Gasteiger partial charge on any atom is -0.410 e. The van der Waals surface area contributed by atoms with Crippen LogP contribution < -0.4 is 5.32 Å². The van der Waals surface area contributed by atoms with Gasteiger partial charge in [-0.15, -0.1) is 0 Å². The van der Waals surface area contributed by atoms with Crippen LogP contribution >= 0.6 is 11.6 Å². The molecule has 1 unspecified atom stereocenters. The summed E-state index contributed by atoms with van der Waals surface area (Å²) in [5.74, 6) is 0. The Labute approximate surface area is 130 Å². The summed E-state index contributed by atoms with van der Waals surface area (Å²) in [6.45, 7) is 11.9. The van der Waals surface area contributed by atoms with Gasteiger partial charge in [-0.2, -0.15) is 0 Å². The fourth-order valence-electron chi connectivity index (χ4n) is 2.16. The zero-order valence-electron chi connectivity index (χ0n) is 13.5. The van der Waals surface area contributed by atoms with E-state index in [1.807, 2.05) is 13.1 Å². The van der Waals surface area contributed by atoms with E-state index in [1.54, 1.807) is 0 Å². The van der Waals surface area contributed by atoms with Crippen LogP contribution in [0.4, 0.5) is 0 Å². The third-order valence-corrected chi connectivity index (χ3v) is 4.20. The van der Waals surface area contributed by atoms with E-state index in [2.05, 4.69) is 51.3 Å². The molecule has 0 aliphatic carbocycles. The molecule has 0 aliphatic rings. The summed E-state index contributed by atoms with van der Waals surface area (Å²) in [4.78, 5) is 0. The highest BCUT2D eigenvalue weighted by molar-refractivity contribution is 6.48. The Morgan fingerprint density at radius 2 is 1.95 bits per heavy atom. The minimum absolute atomic E-state index is 0.0349. The first-order valence-corrected chi connectivity index (χ1v) is 9.94. The molecule has 0 aliphatic heterocycles. The van der Waals surface area contributed by atoms with Crippen LogP contribution in [0, 0.1) is 5.41 Å². The van der Waals surface area contributed by atoms with Crippen molar-refractivity contribution in [1.29, 1.82) is 0 Å². The zero-order valence-corrected chi connectivity index (χ0v) is 15.3. The van der Waals surface area contributed by atoms with E-state index in [1.165, 1.54) is 5.56 Å². The van der Waals surface area contributed by atoms with Gasteiger partial charge in [0.15, 0.2) is 0 Å². The van der Waals surface area contributed by atoms with Gasteiger partial charge in [0.05, 0.1) is 6.10 Å². The van der Waals surface area contributed by atoms with E-state index >= 15 is 0 Å². The molecule has 0 amide bonds. The lowest BCUT2D eigenvalue weighted by atomic mass is 9.84. The summed E-state index contributed by atoms with van der Waals surface area (Å²) in [5.41, 5.74) is 2.46. The molecule has 4 heteroatoms. The Morgan fingerprint density at radius 3 is 2.45 bits per heavy atom. The van der Waals surface area contributed by atoms with E-state index in [-0.39, 0.29) is 11.5 Å². The van der Waals surface area contributed by atoms with Crippen molar-refractivity contribution in [3.63, 3.8) is 0 Å². The lowest BCUT2D eigenvalue weighted by Gasteiger charge is -2.33. The molecule has 20 heavy (non-hydrogen) atoms. The van der Waals surface area contributed by atoms with Crippen LogP contribution in [0.5, 0.6) is 0 Å². The molecule has 1 rings (SSSR count). The third-order valence-electron chi connectivity index (χ3n) is 3.15. The van der Waals surface area contributed by atoms with E-state index in [0.717, 1.165) is 23.6 Å². The monoisotopic (exact) mass is 312 g/mol. The molecule has 0 saturated heterocycles. The maximum atomic E-state index is 6.43. The van der Waals surface area contributed by atoms with Gasteiger partial charge in [0.2, 0.25) is 9.04 Å². The van der Waals surface area contributed by atoms with Crippen molar-refractivity contribution in [2.75, 3.05) is 13.6 Å². The van der Waals surface area contributed by atoms with Crippen molar-refractivity contribution < 1.29 is 4.43 Å². The quantitative estimate of drug-likeness (QED) is 0.783. The van der Waals surface area contributed by atoms with Crippen LogP contribution in [0.25, 0.3) is 0 Å². The normalized spacial score (nSPS) is 13.8. The highest BCUT2D eigenvalue weighted by atomic mass is 35.5. The summed E-state index contributed by atoms with van der Waals surface area (Å²) in [5, 5.41) is 3.99. The van der Waals surface area contributed by atoms with Gasteiger partial charge < -0.3 is 9.74 Å². The van der Waals surface area contributed by atoms with Gasteiger partial charge >= 0.3 is 0 Å². The molecule has 1 aromatic rings. The minimum atomic E-state index is -0.780. The molecule has 0 saturated carbocycles. The molecular formula is C16H27ClNOSi. The van der Waals surface area contributed by atoms with E-state index in [4.69, 9.17) is 16.0 Å². The molecule has 0 fully saturated rings. The van der Waals surface area contributed by atoms with E-state index < -0.39 is 9.04 Å². The van der Waals surface area contributed by atoms with Crippen molar-refractivity contribution in [2.24, 2.45) is 5.41 Å². The largest absolute Gasteiger partial charge is 0.410 e. The maximum absolute atomic E-state index is 6.43. The average molecular weight is 313 g/mol. The lowest BCUT2D eigenvalue weighted by molar-refractivity contribution is 0.0866. The van der Waals surface area contributed by atoms with E-state index in [9.17, 15) is 0 Å². The molecule has 1 N–H and O–H groups in total. The van der Waals surface area contributed by atoms with Crippen LogP contribution in [-0.4, -0.2) is 22.6 Å². The molecule has 1 aromatic carbocycles. The summed E-state index contributed by atoms with van der Waals surface area (Å²) < 4.78 is 6.24. The van der Waals surface area contributed by atoms with Crippen molar-refractivity contribution in [2.45, 2.75) is 46.4 Å². The van der Waals surface area contributed by atoms with Crippen LogP contribution in [0.1, 0.15) is 38.0 Å². The smallest absolute Gasteiger partial charge is 0.205 e. The van der Waals surface area contributed by atoms with Crippen LogP contribution in [0.2, 0.25) is 18.1 Å². The predicted octanol–water partition coefficient (Wildman–Crippen LogP) is 4.46. The second kappa shape index (κ2) is 7.60. The highest BCUT2D eigenvalue weighted by Crippen LogP contribution is 2.40. The summed E-state index contributed by atoms with van der Waals surface area (Å²) >= 11 is 6.43. The fourth-order valence-corrected chi connectivity index (χ4v) is 3.33. The second-order valence-corrected chi connectivity index (χ2v) is 8.94. The van der Waals surface area contributed by atoms with Gasteiger partial charge in [-0.25, -0.2) is 0 Å². The molecular weight excluding hydrogens is 286 g/mol. The fraction of sp³-hybridized carbons (Fsp3) is 0.625. The number of rotatable bonds is 6.